The lowest BCUT2D eigenvalue weighted by atomic mass is 10.0. The number of hydrogen-bond acceptors (Lipinski definition) is 5. The predicted molar refractivity (Wildman–Crippen MR) is 139 cm³/mol. The highest BCUT2D eigenvalue weighted by Crippen LogP contribution is 2.31. The van der Waals surface area contributed by atoms with Crippen LogP contribution in [0.2, 0.25) is 0 Å². The second-order valence-electron chi connectivity index (χ2n) is 8.66. The fourth-order valence-corrected chi connectivity index (χ4v) is 4.96. The van der Waals surface area contributed by atoms with E-state index >= 15 is 0 Å². The van der Waals surface area contributed by atoms with Crippen LogP contribution >= 0.6 is 15.9 Å². The van der Waals surface area contributed by atoms with Crippen LogP contribution in [0.3, 0.4) is 0 Å². The number of likely N-dealkylation sites (N-methyl/N-ethyl adjacent to an activating group) is 1. The van der Waals surface area contributed by atoms with E-state index in [1.54, 1.807) is 0 Å². The number of rotatable bonds is 4. The first-order valence-electron chi connectivity index (χ1n) is 11.9. The van der Waals surface area contributed by atoms with Crippen molar-refractivity contribution in [1.29, 1.82) is 0 Å². The molecule has 176 valence electrons. The summed E-state index contributed by atoms with van der Waals surface area (Å²) in [4.78, 5) is 29.8. The number of para-hydroxylation sites is 1. The van der Waals surface area contributed by atoms with Crippen LogP contribution in [0.4, 0.5) is 16.3 Å². The monoisotopic (exact) mass is 520 g/mol. The van der Waals surface area contributed by atoms with Gasteiger partial charge in [-0.1, -0.05) is 49.4 Å². The highest BCUT2D eigenvalue weighted by atomic mass is 79.9. The maximum absolute atomic E-state index is 13.1. The van der Waals surface area contributed by atoms with Crippen molar-refractivity contribution in [3.8, 4) is 11.4 Å². The normalized spacial score (nSPS) is 16.3. The Morgan fingerprint density at radius 2 is 1.71 bits per heavy atom. The lowest BCUT2D eigenvalue weighted by Crippen LogP contribution is -2.47. The van der Waals surface area contributed by atoms with Crippen LogP contribution in [0.1, 0.15) is 18.2 Å². The number of urea groups is 1. The molecule has 1 fully saturated rings. The van der Waals surface area contributed by atoms with E-state index in [1.807, 2.05) is 47.4 Å². The number of halogens is 1. The molecule has 2 aliphatic rings. The minimum Gasteiger partial charge on any atom is -0.354 e. The highest BCUT2D eigenvalue weighted by Gasteiger charge is 2.29. The standard InChI is InChI=1S/C26H29BrN6O/c1-2-31-14-16-32(17-15-31)25-20-18-33(26(34)29-23-11-7-6-10-21(23)27)13-12-22(20)28-24(30-25)19-8-4-3-5-9-19/h3-11H,2,12-18H2,1H3,(H,29,34). The van der Waals surface area contributed by atoms with Crippen molar-refractivity contribution in [3.63, 3.8) is 0 Å². The van der Waals surface area contributed by atoms with E-state index < -0.39 is 0 Å². The van der Waals surface area contributed by atoms with Crippen molar-refractivity contribution in [2.24, 2.45) is 0 Å². The molecule has 0 aliphatic carbocycles. The molecular formula is C26H29BrN6O. The number of nitrogens with one attached hydrogen (secondary N) is 1. The van der Waals surface area contributed by atoms with E-state index in [9.17, 15) is 4.79 Å². The van der Waals surface area contributed by atoms with E-state index in [4.69, 9.17) is 9.97 Å². The Bertz CT molecular complexity index is 1160. The van der Waals surface area contributed by atoms with Gasteiger partial charge in [-0.05, 0) is 34.6 Å². The first kappa shape index (κ1) is 22.8. The molecular weight excluding hydrogens is 492 g/mol. The Morgan fingerprint density at radius 1 is 0.971 bits per heavy atom. The van der Waals surface area contributed by atoms with Crippen molar-refractivity contribution in [3.05, 3.63) is 70.3 Å². The number of aromatic nitrogens is 2. The summed E-state index contributed by atoms with van der Waals surface area (Å²) < 4.78 is 0.867. The molecule has 2 amide bonds. The number of amides is 2. The zero-order chi connectivity index (χ0) is 23.5. The van der Waals surface area contributed by atoms with Gasteiger partial charge in [0.05, 0.1) is 17.9 Å². The molecule has 5 rings (SSSR count). The molecule has 2 aliphatic heterocycles. The van der Waals surface area contributed by atoms with Gasteiger partial charge in [-0.15, -0.1) is 0 Å². The second kappa shape index (κ2) is 10.1. The van der Waals surface area contributed by atoms with Crippen LogP contribution in [0.5, 0.6) is 0 Å². The van der Waals surface area contributed by atoms with E-state index in [0.29, 0.717) is 19.5 Å². The molecule has 1 aromatic heterocycles. The average Bonchev–Trinajstić information content (AvgIpc) is 2.89. The molecule has 3 aromatic rings. The molecule has 0 unspecified atom stereocenters. The summed E-state index contributed by atoms with van der Waals surface area (Å²) >= 11 is 3.52. The Balaban J connectivity index is 1.45. The minimum absolute atomic E-state index is 0.105. The summed E-state index contributed by atoms with van der Waals surface area (Å²) in [5.41, 5.74) is 3.91. The van der Waals surface area contributed by atoms with Gasteiger partial charge < -0.3 is 20.0 Å². The summed E-state index contributed by atoms with van der Waals surface area (Å²) in [6.45, 7) is 8.28. The number of carbonyl (C=O) groups is 1. The molecule has 2 aromatic carbocycles. The smallest absolute Gasteiger partial charge is 0.322 e. The number of piperazine rings is 1. The summed E-state index contributed by atoms with van der Waals surface area (Å²) in [6.07, 6.45) is 0.711. The van der Waals surface area contributed by atoms with E-state index in [0.717, 1.165) is 71.3 Å². The van der Waals surface area contributed by atoms with E-state index in [2.05, 4.69) is 50.1 Å². The second-order valence-corrected chi connectivity index (χ2v) is 9.52. The van der Waals surface area contributed by atoms with Crippen LogP contribution in [-0.2, 0) is 13.0 Å². The maximum atomic E-state index is 13.1. The van der Waals surface area contributed by atoms with Crippen LogP contribution in [0.15, 0.2) is 59.1 Å². The number of anilines is 2. The van der Waals surface area contributed by atoms with Gasteiger partial charge in [-0.25, -0.2) is 14.8 Å². The van der Waals surface area contributed by atoms with Crippen LogP contribution in [-0.4, -0.2) is 65.1 Å². The average molecular weight is 521 g/mol. The molecule has 0 radical (unpaired) electrons. The summed E-state index contributed by atoms with van der Waals surface area (Å²) in [6, 6.07) is 17.7. The fraction of sp³-hybridized carbons (Fsp3) is 0.346. The number of carbonyl (C=O) groups excluding carboxylic acids is 1. The number of fused-ring (bicyclic) bond motifs is 1. The van der Waals surface area contributed by atoms with E-state index in [1.165, 1.54) is 0 Å². The van der Waals surface area contributed by atoms with Gasteiger partial charge in [-0.2, -0.15) is 0 Å². The van der Waals surface area contributed by atoms with Gasteiger partial charge >= 0.3 is 6.03 Å². The molecule has 34 heavy (non-hydrogen) atoms. The lowest BCUT2D eigenvalue weighted by molar-refractivity contribution is 0.205. The Labute approximate surface area is 208 Å². The first-order chi connectivity index (χ1) is 16.6. The Kier molecular flexibility index (Phi) is 6.78. The van der Waals surface area contributed by atoms with Gasteiger partial charge in [0.15, 0.2) is 5.82 Å². The maximum Gasteiger partial charge on any atom is 0.322 e. The third-order valence-corrected chi connectivity index (χ3v) is 7.28. The van der Waals surface area contributed by atoms with Crippen molar-refractivity contribution in [2.75, 3.05) is 49.5 Å². The molecule has 0 bridgehead atoms. The zero-order valence-electron chi connectivity index (χ0n) is 19.4. The molecule has 0 atom stereocenters. The van der Waals surface area contributed by atoms with E-state index in [-0.39, 0.29) is 6.03 Å². The largest absolute Gasteiger partial charge is 0.354 e. The fourth-order valence-electron chi connectivity index (χ4n) is 4.58. The number of benzene rings is 2. The van der Waals surface area contributed by atoms with Gasteiger partial charge in [0.2, 0.25) is 0 Å². The highest BCUT2D eigenvalue weighted by molar-refractivity contribution is 9.10. The Hall–Kier alpha value is -2.97. The van der Waals surface area contributed by atoms with Crippen molar-refractivity contribution in [2.45, 2.75) is 19.9 Å². The van der Waals surface area contributed by atoms with Gasteiger partial charge in [-0.3, -0.25) is 0 Å². The van der Waals surface area contributed by atoms with Crippen LogP contribution in [0.25, 0.3) is 11.4 Å². The molecule has 8 heteroatoms. The third kappa shape index (κ3) is 4.79. The minimum atomic E-state index is -0.105. The molecule has 3 heterocycles. The van der Waals surface area contributed by atoms with Gasteiger partial charge in [0.1, 0.15) is 5.82 Å². The van der Waals surface area contributed by atoms with Crippen molar-refractivity contribution in [1.82, 2.24) is 19.8 Å². The molecule has 0 saturated carbocycles. The summed E-state index contributed by atoms with van der Waals surface area (Å²) in [5.74, 6) is 1.73. The SMILES string of the molecule is CCN1CCN(c2nc(-c3ccccc3)nc3c2CN(C(=O)Nc2ccccc2Br)CC3)CC1. The quantitative estimate of drug-likeness (QED) is 0.542. The molecule has 1 N–H and O–H groups in total. The molecule has 0 spiro atoms. The summed E-state index contributed by atoms with van der Waals surface area (Å²) in [5, 5.41) is 3.04. The number of hydrogen-bond donors (Lipinski definition) is 1. The lowest BCUT2D eigenvalue weighted by Gasteiger charge is -2.38. The molecule has 1 saturated heterocycles. The first-order valence-corrected chi connectivity index (χ1v) is 12.6. The third-order valence-electron chi connectivity index (χ3n) is 6.59. The van der Waals surface area contributed by atoms with Gasteiger partial charge in [0.25, 0.3) is 0 Å². The topological polar surface area (TPSA) is 64.6 Å². The van der Waals surface area contributed by atoms with Gasteiger partial charge in [0, 0.05) is 54.7 Å². The Morgan fingerprint density at radius 3 is 2.44 bits per heavy atom. The van der Waals surface area contributed by atoms with Crippen molar-refractivity contribution < 1.29 is 4.79 Å². The van der Waals surface area contributed by atoms with Crippen LogP contribution < -0.4 is 10.2 Å². The predicted octanol–water partition coefficient (Wildman–Crippen LogP) is 4.64. The summed E-state index contributed by atoms with van der Waals surface area (Å²) in [7, 11) is 0. The number of nitrogens with zero attached hydrogens (tertiary/aromatic N) is 5. The van der Waals surface area contributed by atoms with Crippen LogP contribution in [0, 0.1) is 0 Å². The zero-order valence-corrected chi connectivity index (χ0v) is 21.0. The van der Waals surface area contributed by atoms with Crippen molar-refractivity contribution >= 4 is 33.5 Å². The molecule has 7 nitrogen and oxygen atoms in total.